The van der Waals surface area contributed by atoms with E-state index in [2.05, 4.69) is 24.3 Å². The smallest absolute Gasteiger partial charge is 0.233 e. The second-order valence-electron chi connectivity index (χ2n) is 5.63. The molecule has 0 spiro atoms. The van der Waals surface area contributed by atoms with E-state index >= 15 is 0 Å². The quantitative estimate of drug-likeness (QED) is 0.928. The van der Waals surface area contributed by atoms with Gasteiger partial charge in [-0.3, -0.25) is 9.52 Å². The molecular weight excluding hydrogens is 274 g/mol. The summed E-state index contributed by atoms with van der Waals surface area (Å²) in [5, 5.41) is 0. The topological polar surface area (TPSA) is 63.2 Å². The first-order chi connectivity index (χ1) is 9.44. The van der Waals surface area contributed by atoms with Crippen LogP contribution in [0.15, 0.2) is 30.3 Å². The van der Waals surface area contributed by atoms with Crippen molar-refractivity contribution in [3.63, 3.8) is 0 Å². The maximum absolute atomic E-state index is 11.6. The molecule has 0 heterocycles. The Labute approximate surface area is 120 Å². The molecule has 1 aromatic carbocycles. The van der Waals surface area contributed by atoms with Gasteiger partial charge in [-0.05, 0) is 43.1 Å². The van der Waals surface area contributed by atoms with Gasteiger partial charge in [-0.15, -0.1) is 0 Å². The Balaban J connectivity index is 1.81. The van der Waals surface area contributed by atoms with Crippen molar-refractivity contribution >= 4 is 15.9 Å². The number of benzene rings is 1. The maximum atomic E-state index is 11.6. The van der Waals surface area contributed by atoms with E-state index in [1.165, 1.54) is 5.56 Å². The number of sulfonamides is 1. The zero-order chi connectivity index (χ0) is 14.6. The van der Waals surface area contributed by atoms with Crippen molar-refractivity contribution in [2.75, 3.05) is 6.26 Å². The normalized spacial score (nSPS) is 23.2. The maximum Gasteiger partial charge on any atom is 0.233 e. The van der Waals surface area contributed by atoms with Crippen LogP contribution in [0.2, 0.25) is 0 Å². The fraction of sp³-hybridized carbons (Fsp3) is 0.533. The van der Waals surface area contributed by atoms with Crippen molar-refractivity contribution in [2.45, 2.75) is 38.0 Å². The van der Waals surface area contributed by atoms with Crippen LogP contribution in [0, 0.1) is 5.92 Å². The van der Waals surface area contributed by atoms with Crippen molar-refractivity contribution in [1.29, 1.82) is 0 Å². The summed E-state index contributed by atoms with van der Waals surface area (Å²) in [6.45, 7) is 0. The standard InChI is InChI=1S/C15H21NO3S/c1-20(18,19)16-15(17)11-12-7-9-14(10-8-12)13-5-3-2-4-6-13/h2-6,12,14H,7-11H2,1H3,(H,16,17). The average Bonchev–Trinajstić information content (AvgIpc) is 2.38. The molecule has 1 aliphatic carbocycles. The van der Waals surface area contributed by atoms with Gasteiger partial charge in [0, 0.05) is 6.42 Å². The monoisotopic (exact) mass is 295 g/mol. The van der Waals surface area contributed by atoms with Gasteiger partial charge in [0.05, 0.1) is 6.26 Å². The first-order valence-electron chi connectivity index (χ1n) is 6.99. The van der Waals surface area contributed by atoms with E-state index in [4.69, 9.17) is 0 Å². The number of rotatable bonds is 4. The summed E-state index contributed by atoms with van der Waals surface area (Å²) in [5.41, 5.74) is 1.37. The Morgan fingerprint density at radius 3 is 2.30 bits per heavy atom. The lowest BCUT2D eigenvalue weighted by Crippen LogP contribution is -2.31. The fourth-order valence-corrected chi connectivity index (χ4v) is 3.43. The van der Waals surface area contributed by atoms with E-state index in [1.54, 1.807) is 0 Å². The third kappa shape index (κ3) is 4.63. The van der Waals surface area contributed by atoms with Crippen LogP contribution >= 0.6 is 0 Å². The molecule has 1 N–H and O–H groups in total. The Morgan fingerprint density at radius 2 is 1.75 bits per heavy atom. The van der Waals surface area contributed by atoms with Gasteiger partial charge < -0.3 is 0 Å². The van der Waals surface area contributed by atoms with Gasteiger partial charge in [0.25, 0.3) is 0 Å². The molecule has 1 amide bonds. The average molecular weight is 295 g/mol. The molecule has 0 aromatic heterocycles. The van der Waals surface area contributed by atoms with Crippen LogP contribution in [0.1, 0.15) is 43.6 Å². The predicted molar refractivity (Wildman–Crippen MR) is 78.7 cm³/mol. The lowest BCUT2D eigenvalue weighted by Gasteiger charge is -2.28. The van der Waals surface area contributed by atoms with E-state index in [0.29, 0.717) is 18.3 Å². The molecule has 110 valence electrons. The molecule has 20 heavy (non-hydrogen) atoms. The molecule has 1 saturated carbocycles. The van der Waals surface area contributed by atoms with Gasteiger partial charge in [-0.2, -0.15) is 0 Å². The van der Waals surface area contributed by atoms with Gasteiger partial charge in [0.15, 0.2) is 0 Å². The van der Waals surface area contributed by atoms with E-state index in [1.807, 2.05) is 10.8 Å². The zero-order valence-corrected chi connectivity index (χ0v) is 12.5. The van der Waals surface area contributed by atoms with Crippen LogP contribution in [0.3, 0.4) is 0 Å². The van der Waals surface area contributed by atoms with Crippen LogP contribution < -0.4 is 4.72 Å². The van der Waals surface area contributed by atoms with Crippen LogP contribution in [0.25, 0.3) is 0 Å². The lowest BCUT2D eigenvalue weighted by molar-refractivity contribution is -0.120. The zero-order valence-electron chi connectivity index (χ0n) is 11.7. The Morgan fingerprint density at radius 1 is 1.15 bits per heavy atom. The summed E-state index contributed by atoms with van der Waals surface area (Å²) in [7, 11) is -3.43. The Hall–Kier alpha value is -1.36. The largest absolute Gasteiger partial charge is 0.274 e. The molecule has 0 saturated heterocycles. The van der Waals surface area contributed by atoms with Gasteiger partial charge in [0.1, 0.15) is 0 Å². The Bertz CT molecular complexity index is 546. The number of nitrogens with one attached hydrogen (secondary N) is 1. The van der Waals surface area contributed by atoms with Crippen LogP contribution in [-0.2, 0) is 14.8 Å². The minimum Gasteiger partial charge on any atom is -0.274 e. The van der Waals surface area contributed by atoms with E-state index in [-0.39, 0.29) is 5.91 Å². The molecular formula is C15H21NO3S. The lowest BCUT2D eigenvalue weighted by atomic mass is 9.77. The first-order valence-corrected chi connectivity index (χ1v) is 8.89. The second-order valence-corrected chi connectivity index (χ2v) is 7.38. The van der Waals surface area contributed by atoms with Gasteiger partial charge in [-0.1, -0.05) is 30.3 Å². The van der Waals surface area contributed by atoms with Gasteiger partial charge in [0.2, 0.25) is 15.9 Å². The van der Waals surface area contributed by atoms with Crippen LogP contribution in [-0.4, -0.2) is 20.6 Å². The molecule has 0 unspecified atom stereocenters. The number of carbonyl (C=O) groups excluding carboxylic acids is 1. The molecule has 2 rings (SSSR count). The van der Waals surface area contributed by atoms with E-state index in [0.717, 1.165) is 31.9 Å². The molecule has 0 aliphatic heterocycles. The van der Waals surface area contributed by atoms with Crippen molar-refractivity contribution in [2.24, 2.45) is 5.92 Å². The second kappa shape index (κ2) is 6.39. The predicted octanol–water partition coefficient (Wildman–Crippen LogP) is 2.43. The highest BCUT2D eigenvalue weighted by atomic mass is 32.2. The number of hydrogen-bond donors (Lipinski definition) is 1. The molecule has 4 nitrogen and oxygen atoms in total. The van der Waals surface area contributed by atoms with Crippen LogP contribution in [0.4, 0.5) is 0 Å². The van der Waals surface area contributed by atoms with Crippen molar-refractivity contribution in [3.8, 4) is 0 Å². The minimum absolute atomic E-state index is 0.303. The van der Waals surface area contributed by atoms with Crippen molar-refractivity contribution in [1.82, 2.24) is 4.72 Å². The fourth-order valence-electron chi connectivity index (χ4n) is 2.94. The van der Waals surface area contributed by atoms with Crippen molar-refractivity contribution in [3.05, 3.63) is 35.9 Å². The number of amides is 1. The summed E-state index contributed by atoms with van der Waals surface area (Å²) in [4.78, 5) is 11.6. The molecule has 0 atom stereocenters. The molecule has 1 aromatic rings. The number of carbonyl (C=O) groups is 1. The SMILES string of the molecule is CS(=O)(=O)NC(=O)CC1CCC(c2ccccc2)CC1. The Kier molecular flexibility index (Phi) is 4.81. The summed E-state index contributed by atoms with van der Waals surface area (Å²) >= 11 is 0. The minimum atomic E-state index is -3.43. The molecule has 0 radical (unpaired) electrons. The highest BCUT2D eigenvalue weighted by Crippen LogP contribution is 2.36. The molecule has 5 heteroatoms. The highest BCUT2D eigenvalue weighted by Gasteiger charge is 2.24. The van der Waals surface area contributed by atoms with Crippen molar-refractivity contribution < 1.29 is 13.2 Å². The van der Waals surface area contributed by atoms with Gasteiger partial charge in [-0.25, -0.2) is 8.42 Å². The third-order valence-corrected chi connectivity index (χ3v) is 4.49. The summed E-state index contributed by atoms with van der Waals surface area (Å²) in [6.07, 6.45) is 5.43. The summed E-state index contributed by atoms with van der Waals surface area (Å²) < 4.78 is 24.0. The first kappa shape index (κ1) is 15.0. The number of hydrogen-bond acceptors (Lipinski definition) is 3. The van der Waals surface area contributed by atoms with E-state index < -0.39 is 10.0 Å². The molecule has 1 aliphatic rings. The summed E-state index contributed by atoms with van der Waals surface area (Å²) in [6, 6.07) is 10.4. The third-order valence-electron chi connectivity index (χ3n) is 3.89. The highest BCUT2D eigenvalue weighted by molar-refractivity contribution is 7.89. The molecule has 0 bridgehead atoms. The van der Waals surface area contributed by atoms with E-state index in [9.17, 15) is 13.2 Å². The summed E-state index contributed by atoms with van der Waals surface area (Å²) in [5.74, 6) is 0.498. The van der Waals surface area contributed by atoms with Crippen LogP contribution in [0.5, 0.6) is 0 Å². The van der Waals surface area contributed by atoms with Gasteiger partial charge >= 0.3 is 0 Å². The molecule has 1 fully saturated rings.